The van der Waals surface area contributed by atoms with Gasteiger partial charge in [-0.05, 0) is 30.9 Å². The standard InChI is InChI=1S/C13H14N2O4S/c1-2-9-14(10-11-3-4-11)20(18,19)13-7-5-12(6-8-13)15(16)17/h1,5-8,11H,3-4,9-10H2. The van der Waals surface area contributed by atoms with Gasteiger partial charge in [0.1, 0.15) is 0 Å². The molecule has 1 aromatic rings. The number of rotatable bonds is 6. The SMILES string of the molecule is C#CCN(CC1CC1)S(=O)(=O)c1ccc([N+](=O)[O-])cc1. The first-order valence-electron chi connectivity index (χ1n) is 6.13. The third-order valence-electron chi connectivity index (χ3n) is 3.11. The molecule has 0 amide bonds. The van der Waals surface area contributed by atoms with Crippen molar-refractivity contribution >= 4 is 15.7 Å². The highest BCUT2D eigenvalue weighted by Gasteiger charge is 2.31. The van der Waals surface area contributed by atoms with E-state index >= 15 is 0 Å². The Morgan fingerprint density at radius 2 is 1.95 bits per heavy atom. The minimum Gasteiger partial charge on any atom is -0.258 e. The summed E-state index contributed by atoms with van der Waals surface area (Å²) in [5, 5.41) is 10.6. The highest BCUT2D eigenvalue weighted by Crippen LogP contribution is 2.31. The minimum atomic E-state index is -3.69. The van der Waals surface area contributed by atoms with Crippen molar-refractivity contribution in [1.82, 2.24) is 4.31 Å². The molecule has 0 aliphatic heterocycles. The zero-order valence-electron chi connectivity index (χ0n) is 10.7. The number of hydrogen-bond donors (Lipinski definition) is 0. The van der Waals surface area contributed by atoms with Crippen molar-refractivity contribution < 1.29 is 13.3 Å². The van der Waals surface area contributed by atoms with Gasteiger partial charge in [0.25, 0.3) is 5.69 Å². The van der Waals surface area contributed by atoms with E-state index in [-0.39, 0.29) is 17.1 Å². The molecule has 0 aromatic heterocycles. The summed E-state index contributed by atoms with van der Waals surface area (Å²) in [6, 6.07) is 4.84. The Labute approximate surface area is 117 Å². The van der Waals surface area contributed by atoms with E-state index in [1.807, 2.05) is 0 Å². The second-order valence-electron chi connectivity index (χ2n) is 4.70. The van der Waals surface area contributed by atoms with E-state index < -0.39 is 14.9 Å². The van der Waals surface area contributed by atoms with Gasteiger partial charge in [0.2, 0.25) is 10.0 Å². The van der Waals surface area contributed by atoms with Gasteiger partial charge < -0.3 is 0 Å². The van der Waals surface area contributed by atoms with Gasteiger partial charge in [-0.1, -0.05) is 5.92 Å². The Hall–Kier alpha value is -1.91. The number of terminal acetylenes is 1. The third-order valence-corrected chi connectivity index (χ3v) is 4.94. The summed E-state index contributed by atoms with van der Waals surface area (Å²) in [6.07, 6.45) is 7.24. The Bertz CT molecular complexity index is 642. The van der Waals surface area contributed by atoms with E-state index in [1.165, 1.54) is 28.6 Å². The van der Waals surface area contributed by atoms with E-state index in [1.54, 1.807) is 0 Å². The van der Waals surface area contributed by atoms with Crippen molar-refractivity contribution in [1.29, 1.82) is 0 Å². The quantitative estimate of drug-likeness (QED) is 0.453. The monoisotopic (exact) mass is 294 g/mol. The predicted molar refractivity (Wildman–Crippen MR) is 73.4 cm³/mol. The third kappa shape index (κ3) is 3.15. The van der Waals surface area contributed by atoms with Crippen molar-refractivity contribution in [3.8, 4) is 12.3 Å². The first-order chi connectivity index (χ1) is 9.45. The average Bonchev–Trinajstić information content (AvgIpc) is 3.22. The molecule has 7 heteroatoms. The summed E-state index contributed by atoms with van der Waals surface area (Å²) in [5.74, 6) is 2.72. The highest BCUT2D eigenvalue weighted by atomic mass is 32.2. The predicted octanol–water partition coefficient (Wildman–Crippen LogP) is 1.63. The van der Waals surface area contributed by atoms with Crippen molar-refractivity contribution in [2.24, 2.45) is 5.92 Å². The minimum absolute atomic E-state index is 0.00974. The second-order valence-corrected chi connectivity index (χ2v) is 6.63. The molecule has 1 aliphatic carbocycles. The zero-order valence-corrected chi connectivity index (χ0v) is 11.5. The lowest BCUT2D eigenvalue weighted by atomic mass is 10.3. The van der Waals surface area contributed by atoms with Crippen LogP contribution in [0.1, 0.15) is 12.8 Å². The Morgan fingerprint density at radius 3 is 2.40 bits per heavy atom. The van der Waals surface area contributed by atoms with Gasteiger partial charge in [0, 0.05) is 18.7 Å². The van der Waals surface area contributed by atoms with E-state index in [0.29, 0.717) is 12.5 Å². The van der Waals surface area contributed by atoms with Crippen LogP contribution in [0.25, 0.3) is 0 Å². The Kier molecular flexibility index (Phi) is 4.06. The van der Waals surface area contributed by atoms with Crippen LogP contribution in [0.3, 0.4) is 0 Å². The lowest BCUT2D eigenvalue weighted by molar-refractivity contribution is -0.384. The lowest BCUT2D eigenvalue weighted by Crippen LogP contribution is -2.33. The summed E-state index contributed by atoms with van der Waals surface area (Å²) >= 11 is 0. The molecule has 0 spiro atoms. The summed E-state index contributed by atoms with van der Waals surface area (Å²) in [6.45, 7) is 0.416. The molecule has 1 fully saturated rings. The van der Waals surface area contributed by atoms with Gasteiger partial charge in [-0.15, -0.1) is 6.42 Å². The summed E-state index contributed by atoms with van der Waals surface area (Å²) in [7, 11) is -3.69. The van der Waals surface area contributed by atoms with E-state index in [4.69, 9.17) is 6.42 Å². The molecule has 1 aromatic carbocycles. The number of non-ortho nitro benzene ring substituents is 1. The topological polar surface area (TPSA) is 80.5 Å². The molecule has 0 heterocycles. The molecule has 6 nitrogen and oxygen atoms in total. The number of nitro benzene ring substituents is 1. The molecule has 20 heavy (non-hydrogen) atoms. The van der Waals surface area contributed by atoms with Gasteiger partial charge in [0.15, 0.2) is 0 Å². The van der Waals surface area contributed by atoms with Crippen LogP contribution in [-0.4, -0.2) is 30.7 Å². The summed E-state index contributed by atoms with van der Waals surface area (Å²) in [5.41, 5.74) is -0.144. The van der Waals surface area contributed by atoms with Crippen molar-refractivity contribution in [2.75, 3.05) is 13.1 Å². The van der Waals surface area contributed by atoms with Gasteiger partial charge in [0.05, 0.1) is 16.4 Å². The van der Waals surface area contributed by atoms with Crippen LogP contribution >= 0.6 is 0 Å². The number of benzene rings is 1. The normalized spacial score (nSPS) is 15.0. The largest absolute Gasteiger partial charge is 0.269 e. The van der Waals surface area contributed by atoms with Crippen molar-refractivity contribution in [2.45, 2.75) is 17.7 Å². The van der Waals surface area contributed by atoms with Gasteiger partial charge in [-0.2, -0.15) is 4.31 Å². The lowest BCUT2D eigenvalue weighted by Gasteiger charge is -2.19. The molecular formula is C13H14N2O4S. The molecule has 0 bridgehead atoms. The number of sulfonamides is 1. The van der Waals surface area contributed by atoms with Crippen LogP contribution in [-0.2, 0) is 10.0 Å². The number of nitrogens with zero attached hydrogens (tertiary/aromatic N) is 2. The molecule has 1 saturated carbocycles. The van der Waals surface area contributed by atoms with Crippen LogP contribution in [0.5, 0.6) is 0 Å². The van der Waals surface area contributed by atoms with Gasteiger partial charge in [-0.3, -0.25) is 10.1 Å². The van der Waals surface area contributed by atoms with E-state index in [0.717, 1.165) is 12.8 Å². The van der Waals surface area contributed by atoms with Crippen LogP contribution < -0.4 is 0 Å². The van der Waals surface area contributed by atoms with Crippen molar-refractivity contribution in [3.63, 3.8) is 0 Å². The average molecular weight is 294 g/mol. The molecule has 2 rings (SSSR count). The van der Waals surface area contributed by atoms with Crippen LogP contribution in [0.4, 0.5) is 5.69 Å². The molecule has 106 valence electrons. The second kappa shape index (κ2) is 5.61. The Morgan fingerprint density at radius 1 is 1.35 bits per heavy atom. The number of nitro groups is 1. The fourth-order valence-corrected chi connectivity index (χ4v) is 3.26. The van der Waals surface area contributed by atoms with Crippen LogP contribution in [0, 0.1) is 28.4 Å². The maximum absolute atomic E-state index is 12.4. The van der Waals surface area contributed by atoms with Crippen LogP contribution in [0.2, 0.25) is 0 Å². The summed E-state index contributed by atoms with van der Waals surface area (Å²) < 4.78 is 26.1. The van der Waals surface area contributed by atoms with E-state index in [2.05, 4.69) is 5.92 Å². The van der Waals surface area contributed by atoms with Crippen molar-refractivity contribution in [3.05, 3.63) is 34.4 Å². The molecule has 0 saturated heterocycles. The Balaban J connectivity index is 2.26. The first kappa shape index (κ1) is 14.5. The highest BCUT2D eigenvalue weighted by molar-refractivity contribution is 7.89. The van der Waals surface area contributed by atoms with E-state index in [9.17, 15) is 18.5 Å². The fraction of sp³-hybridized carbons (Fsp3) is 0.385. The molecule has 1 aliphatic rings. The zero-order chi connectivity index (χ0) is 14.8. The fourth-order valence-electron chi connectivity index (χ4n) is 1.83. The molecule has 0 atom stereocenters. The maximum atomic E-state index is 12.4. The molecule has 0 unspecified atom stereocenters. The molecule has 0 N–H and O–H groups in total. The first-order valence-corrected chi connectivity index (χ1v) is 7.57. The maximum Gasteiger partial charge on any atom is 0.269 e. The number of hydrogen-bond acceptors (Lipinski definition) is 4. The van der Waals surface area contributed by atoms with Gasteiger partial charge >= 0.3 is 0 Å². The molecule has 0 radical (unpaired) electrons. The smallest absolute Gasteiger partial charge is 0.258 e. The van der Waals surface area contributed by atoms with Crippen LogP contribution in [0.15, 0.2) is 29.2 Å². The van der Waals surface area contributed by atoms with Gasteiger partial charge in [-0.25, -0.2) is 8.42 Å². The summed E-state index contributed by atoms with van der Waals surface area (Å²) in [4.78, 5) is 10.0. The molecular weight excluding hydrogens is 280 g/mol.